The second kappa shape index (κ2) is 6.73. The number of hydrogen-bond donors (Lipinski definition) is 0. The highest BCUT2D eigenvalue weighted by atomic mass is 19.4. The Morgan fingerprint density at radius 2 is 1.81 bits per heavy atom. The fraction of sp³-hybridized carbons (Fsp3) is 0.438. The highest BCUT2D eigenvalue weighted by Crippen LogP contribution is 2.48. The molecule has 0 N–H and O–H groups in total. The second-order valence-electron chi connectivity index (χ2n) is 5.31. The molecular formula is C16H14F6O4. The van der Waals surface area contributed by atoms with Gasteiger partial charge in [-0.25, -0.2) is 4.79 Å². The van der Waals surface area contributed by atoms with Crippen LogP contribution in [-0.2, 0) is 9.53 Å². The third kappa shape index (κ3) is 3.73. The highest BCUT2D eigenvalue weighted by Gasteiger charge is 2.62. The molecule has 1 heterocycles. The van der Waals surface area contributed by atoms with Crippen LogP contribution < -0.4 is 9.47 Å². The number of halogens is 6. The number of hydrogen-bond acceptors (Lipinski definition) is 4. The Hall–Kier alpha value is -2.39. The van der Waals surface area contributed by atoms with E-state index in [2.05, 4.69) is 9.47 Å². The van der Waals surface area contributed by atoms with Crippen LogP contribution >= 0.6 is 0 Å². The summed E-state index contributed by atoms with van der Waals surface area (Å²) in [5.74, 6) is -2.25. The zero-order valence-corrected chi connectivity index (χ0v) is 13.6. The average molecular weight is 384 g/mol. The molecule has 26 heavy (non-hydrogen) atoms. The average Bonchev–Trinajstić information content (AvgIpc) is 2.51. The molecule has 144 valence electrons. The molecule has 0 saturated carbocycles. The maximum atomic E-state index is 13.7. The Balaban J connectivity index is 2.58. The zero-order chi connectivity index (χ0) is 19.8. The van der Waals surface area contributed by atoms with Crippen LogP contribution in [0, 0.1) is 0 Å². The lowest BCUT2D eigenvalue weighted by Gasteiger charge is -2.39. The summed E-state index contributed by atoms with van der Waals surface area (Å²) in [7, 11) is 0. The molecule has 1 aliphatic rings. The fourth-order valence-electron chi connectivity index (χ4n) is 2.55. The number of rotatable bonds is 4. The predicted octanol–water partition coefficient (Wildman–Crippen LogP) is 4.64. The topological polar surface area (TPSA) is 44.8 Å². The van der Waals surface area contributed by atoms with E-state index in [1.807, 2.05) is 0 Å². The molecule has 0 fully saturated rings. The van der Waals surface area contributed by atoms with Gasteiger partial charge in [-0.2, -0.15) is 13.2 Å². The van der Waals surface area contributed by atoms with Gasteiger partial charge in [0.25, 0.3) is 0 Å². The monoisotopic (exact) mass is 384 g/mol. The van der Waals surface area contributed by atoms with Gasteiger partial charge in [-0.15, -0.1) is 13.2 Å². The molecule has 1 aromatic rings. The van der Waals surface area contributed by atoms with Crippen LogP contribution in [0.3, 0.4) is 0 Å². The molecule has 10 heteroatoms. The Morgan fingerprint density at radius 3 is 2.31 bits per heavy atom. The molecule has 4 nitrogen and oxygen atoms in total. The zero-order valence-electron chi connectivity index (χ0n) is 13.6. The van der Waals surface area contributed by atoms with Gasteiger partial charge in [-0.1, -0.05) is 6.92 Å². The van der Waals surface area contributed by atoms with Gasteiger partial charge in [0.15, 0.2) is 0 Å². The van der Waals surface area contributed by atoms with Crippen molar-refractivity contribution in [3.63, 3.8) is 0 Å². The minimum atomic E-state index is -4.98. The van der Waals surface area contributed by atoms with E-state index >= 15 is 0 Å². The minimum Gasteiger partial charge on any atom is -0.472 e. The first kappa shape index (κ1) is 19.9. The summed E-state index contributed by atoms with van der Waals surface area (Å²) in [6, 6.07) is 2.58. The summed E-state index contributed by atoms with van der Waals surface area (Å²) in [5.41, 5.74) is -3.97. The molecule has 2 rings (SSSR count). The van der Waals surface area contributed by atoms with E-state index in [4.69, 9.17) is 4.74 Å². The van der Waals surface area contributed by atoms with Crippen molar-refractivity contribution in [1.29, 1.82) is 0 Å². The Morgan fingerprint density at radius 1 is 1.15 bits per heavy atom. The van der Waals surface area contributed by atoms with E-state index in [1.165, 1.54) is 13.8 Å². The molecule has 0 radical (unpaired) electrons. The van der Waals surface area contributed by atoms with Crippen molar-refractivity contribution in [2.75, 3.05) is 6.61 Å². The van der Waals surface area contributed by atoms with Gasteiger partial charge in [0.2, 0.25) is 5.60 Å². The second-order valence-corrected chi connectivity index (χ2v) is 5.31. The van der Waals surface area contributed by atoms with Gasteiger partial charge in [0.1, 0.15) is 11.5 Å². The van der Waals surface area contributed by atoms with Crippen molar-refractivity contribution >= 4 is 12.0 Å². The van der Waals surface area contributed by atoms with Gasteiger partial charge < -0.3 is 14.2 Å². The largest absolute Gasteiger partial charge is 0.573 e. The van der Waals surface area contributed by atoms with E-state index < -0.39 is 41.9 Å². The van der Waals surface area contributed by atoms with Crippen LogP contribution in [0.2, 0.25) is 0 Å². The number of fused-ring (bicyclic) bond motifs is 1. The Bertz CT molecular complexity index is 722. The molecule has 0 amide bonds. The lowest BCUT2D eigenvalue weighted by molar-refractivity contribution is -0.274. The summed E-state index contributed by atoms with van der Waals surface area (Å²) in [4.78, 5) is 12.1. The normalized spacial score (nSPS) is 19.9. The minimum absolute atomic E-state index is 0.164. The molecule has 0 bridgehead atoms. The molecule has 0 saturated heterocycles. The third-order valence-electron chi connectivity index (χ3n) is 3.69. The maximum Gasteiger partial charge on any atom is 0.573 e. The fourth-order valence-corrected chi connectivity index (χ4v) is 2.55. The summed E-state index contributed by atoms with van der Waals surface area (Å²) in [6.45, 7) is 2.40. The van der Waals surface area contributed by atoms with Crippen LogP contribution in [0.5, 0.6) is 11.5 Å². The number of carbonyl (C=O) groups is 1. The molecule has 0 aromatic heterocycles. The van der Waals surface area contributed by atoms with E-state index in [0.29, 0.717) is 0 Å². The number of ether oxygens (including phenoxy) is 3. The number of esters is 1. The standard InChI is InChI=1S/C16H14F6O4/c1-3-14(15(17,18)19)11(13(23)24-4-2)8-9-7-10(25-16(20,21)22)5-6-12(9)26-14/h5-8H,3-4H2,1-2H3. The quantitative estimate of drug-likeness (QED) is 0.561. The lowest BCUT2D eigenvalue weighted by Crippen LogP contribution is -2.54. The van der Waals surface area contributed by atoms with Gasteiger partial charge in [-0.3, -0.25) is 0 Å². The van der Waals surface area contributed by atoms with Crippen molar-refractivity contribution in [3.8, 4) is 11.5 Å². The first-order valence-corrected chi connectivity index (χ1v) is 7.48. The van der Waals surface area contributed by atoms with Crippen LogP contribution in [-0.4, -0.2) is 30.7 Å². The van der Waals surface area contributed by atoms with Crippen molar-refractivity contribution < 1.29 is 45.3 Å². The smallest absolute Gasteiger partial charge is 0.472 e. The van der Waals surface area contributed by atoms with Crippen molar-refractivity contribution in [2.45, 2.75) is 38.4 Å². The molecule has 1 aliphatic heterocycles. The van der Waals surface area contributed by atoms with Crippen LogP contribution in [0.4, 0.5) is 26.3 Å². The molecule has 0 spiro atoms. The Kier molecular flexibility index (Phi) is 5.16. The lowest BCUT2D eigenvalue weighted by atomic mass is 9.85. The van der Waals surface area contributed by atoms with E-state index in [1.54, 1.807) is 0 Å². The summed E-state index contributed by atoms with van der Waals surface area (Å²) < 4.78 is 91.5. The van der Waals surface area contributed by atoms with E-state index in [9.17, 15) is 31.1 Å². The van der Waals surface area contributed by atoms with Gasteiger partial charge >= 0.3 is 18.5 Å². The summed E-state index contributed by atoms with van der Waals surface area (Å²) in [6.07, 6.45) is -9.76. The predicted molar refractivity (Wildman–Crippen MR) is 77.4 cm³/mol. The number of carbonyl (C=O) groups excluding carboxylic acids is 1. The van der Waals surface area contributed by atoms with Crippen LogP contribution in [0.25, 0.3) is 6.08 Å². The Labute approximate surface area is 144 Å². The number of benzene rings is 1. The molecular weight excluding hydrogens is 370 g/mol. The number of alkyl halides is 6. The first-order valence-electron chi connectivity index (χ1n) is 7.48. The van der Waals surface area contributed by atoms with Crippen molar-refractivity contribution in [1.82, 2.24) is 0 Å². The van der Waals surface area contributed by atoms with Crippen LogP contribution in [0.15, 0.2) is 23.8 Å². The molecule has 1 atom stereocenters. The van der Waals surface area contributed by atoms with Crippen LogP contribution in [0.1, 0.15) is 25.8 Å². The third-order valence-corrected chi connectivity index (χ3v) is 3.69. The van der Waals surface area contributed by atoms with Crippen molar-refractivity contribution in [3.05, 3.63) is 29.3 Å². The van der Waals surface area contributed by atoms with E-state index in [-0.39, 0.29) is 17.9 Å². The molecule has 0 aliphatic carbocycles. The summed E-state index contributed by atoms with van der Waals surface area (Å²) in [5, 5.41) is 0. The summed E-state index contributed by atoms with van der Waals surface area (Å²) >= 11 is 0. The van der Waals surface area contributed by atoms with Crippen molar-refractivity contribution in [2.24, 2.45) is 0 Å². The van der Waals surface area contributed by atoms with Gasteiger partial charge in [0.05, 0.1) is 12.2 Å². The molecule has 1 unspecified atom stereocenters. The SMILES string of the molecule is CCOC(=O)C1=Cc2cc(OC(F)(F)F)ccc2OC1(CC)C(F)(F)F. The first-order chi connectivity index (χ1) is 11.9. The maximum absolute atomic E-state index is 13.7. The van der Waals surface area contributed by atoms with Gasteiger partial charge in [-0.05, 0) is 37.6 Å². The highest BCUT2D eigenvalue weighted by molar-refractivity contribution is 5.97. The van der Waals surface area contributed by atoms with Gasteiger partial charge in [0, 0.05) is 5.56 Å². The van der Waals surface area contributed by atoms with E-state index in [0.717, 1.165) is 24.3 Å². The molecule has 1 aromatic carbocycles.